The Morgan fingerprint density at radius 1 is 1.14 bits per heavy atom. The molecule has 4 heteroatoms. The smallest absolute Gasteiger partial charge is 0.310 e. The summed E-state index contributed by atoms with van der Waals surface area (Å²) < 4.78 is 10.8. The predicted octanol–water partition coefficient (Wildman–Crippen LogP) is 3.04. The van der Waals surface area contributed by atoms with Gasteiger partial charge >= 0.3 is 5.97 Å². The van der Waals surface area contributed by atoms with Gasteiger partial charge in [-0.25, -0.2) is 0 Å². The second kappa shape index (κ2) is 7.45. The van der Waals surface area contributed by atoms with Gasteiger partial charge in [0.25, 0.3) is 0 Å². The number of carbonyl (C=O) groups is 1. The van der Waals surface area contributed by atoms with Crippen molar-refractivity contribution in [3.63, 3.8) is 0 Å². The summed E-state index contributed by atoms with van der Waals surface area (Å²) in [6.45, 7) is 2.60. The van der Waals surface area contributed by atoms with Gasteiger partial charge in [-0.1, -0.05) is 30.3 Å². The summed E-state index contributed by atoms with van der Waals surface area (Å²) in [5.41, 5.74) is 7.49. The van der Waals surface area contributed by atoms with E-state index in [0.717, 1.165) is 16.9 Å². The third-order valence-electron chi connectivity index (χ3n) is 2.97. The first kappa shape index (κ1) is 15.1. The van der Waals surface area contributed by atoms with E-state index in [1.165, 1.54) is 0 Å². The number of hydrogen-bond acceptors (Lipinski definition) is 4. The molecular formula is C17H19NO3. The minimum absolute atomic E-state index is 0.239. The first-order valence-electron chi connectivity index (χ1n) is 6.93. The Hall–Kier alpha value is -2.33. The summed E-state index contributed by atoms with van der Waals surface area (Å²) in [5.74, 6) is 1.17. The molecule has 0 amide bonds. The lowest BCUT2D eigenvalue weighted by atomic mass is 10.1. The van der Waals surface area contributed by atoms with Crippen LogP contribution < -0.4 is 10.5 Å². The molecule has 21 heavy (non-hydrogen) atoms. The summed E-state index contributed by atoms with van der Waals surface area (Å²) >= 11 is 0. The molecule has 0 heterocycles. The van der Waals surface area contributed by atoms with Crippen LogP contribution in [0.5, 0.6) is 11.5 Å². The fourth-order valence-electron chi connectivity index (χ4n) is 2.00. The molecule has 2 N–H and O–H groups in total. The van der Waals surface area contributed by atoms with Crippen LogP contribution in [0.15, 0.2) is 48.5 Å². The fourth-order valence-corrected chi connectivity index (χ4v) is 2.00. The number of carbonyl (C=O) groups excluding carboxylic acids is 1. The van der Waals surface area contributed by atoms with Crippen molar-refractivity contribution in [3.05, 3.63) is 59.7 Å². The van der Waals surface area contributed by atoms with E-state index in [-0.39, 0.29) is 12.4 Å². The maximum atomic E-state index is 11.5. The van der Waals surface area contributed by atoms with Gasteiger partial charge in [0.05, 0.1) is 13.0 Å². The lowest BCUT2D eigenvalue weighted by Crippen LogP contribution is -2.07. The normalized spacial score (nSPS) is 10.2. The van der Waals surface area contributed by atoms with Crippen LogP contribution in [-0.2, 0) is 22.5 Å². The Balaban J connectivity index is 2.12. The van der Waals surface area contributed by atoms with Gasteiger partial charge in [0.2, 0.25) is 0 Å². The van der Waals surface area contributed by atoms with Crippen LogP contribution in [-0.4, -0.2) is 12.6 Å². The highest BCUT2D eigenvalue weighted by Gasteiger charge is 2.07. The number of hydrogen-bond donors (Lipinski definition) is 1. The van der Waals surface area contributed by atoms with Crippen LogP contribution in [0.4, 0.5) is 0 Å². The van der Waals surface area contributed by atoms with Gasteiger partial charge in [0.1, 0.15) is 11.5 Å². The van der Waals surface area contributed by atoms with Gasteiger partial charge in [-0.3, -0.25) is 4.79 Å². The molecule has 2 rings (SSSR count). The number of benzene rings is 2. The van der Waals surface area contributed by atoms with E-state index >= 15 is 0 Å². The number of rotatable bonds is 6. The molecule has 2 aromatic rings. The van der Waals surface area contributed by atoms with Crippen molar-refractivity contribution >= 4 is 5.97 Å². The minimum atomic E-state index is -0.239. The largest absolute Gasteiger partial charge is 0.466 e. The molecule has 0 saturated carbocycles. The molecule has 0 aliphatic heterocycles. The summed E-state index contributed by atoms with van der Waals surface area (Å²) in [7, 11) is 0. The van der Waals surface area contributed by atoms with Gasteiger partial charge in [-0.05, 0) is 30.7 Å². The number of nitrogens with two attached hydrogens (primary N) is 1. The van der Waals surface area contributed by atoms with E-state index in [1.54, 1.807) is 6.92 Å². The molecule has 0 aliphatic carbocycles. The molecule has 110 valence electrons. The van der Waals surface area contributed by atoms with Crippen molar-refractivity contribution in [1.82, 2.24) is 0 Å². The van der Waals surface area contributed by atoms with E-state index in [2.05, 4.69) is 0 Å². The Morgan fingerprint density at radius 2 is 1.95 bits per heavy atom. The molecule has 0 radical (unpaired) electrons. The van der Waals surface area contributed by atoms with E-state index in [4.69, 9.17) is 15.2 Å². The molecule has 0 aliphatic rings. The van der Waals surface area contributed by atoms with Gasteiger partial charge in [-0.2, -0.15) is 0 Å². The van der Waals surface area contributed by atoms with Crippen molar-refractivity contribution in [2.45, 2.75) is 19.9 Å². The molecule has 4 nitrogen and oxygen atoms in total. The van der Waals surface area contributed by atoms with E-state index in [9.17, 15) is 4.79 Å². The first-order chi connectivity index (χ1) is 10.2. The molecular weight excluding hydrogens is 266 g/mol. The van der Waals surface area contributed by atoms with E-state index in [0.29, 0.717) is 18.9 Å². The molecule has 0 spiro atoms. The topological polar surface area (TPSA) is 61.5 Å². The number of esters is 1. The summed E-state index contributed by atoms with van der Waals surface area (Å²) in [6, 6.07) is 15.0. The van der Waals surface area contributed by atoms with Crippen LogP contribution in [0.1, 0.15) is 18.1 Å². The van der Waals surface area contributed by atoms with Gasteiger partial charge in [0.15, 0.2) is 0 Å². The van der Waals surface area contributed by atoms with Crippen LogP contribution in [0.25, 0.3) is 0 Å². The molecule has 0 fully saturated rings. The lowest BCUT2D eigenvalue weighted by molar-refractivity contribution is -0.142. The number of ether oxygens (including phenoxy) is 2. The van der Waals surface area contributed by atoms with Crippen LogP contribution in [0.3, 0.4) is 0 Å². The SMILES string of the molecule is CCOC(=O)Cc1cccc(Oc2ccccc2CN)c1. The van der Waals surface area contributed by atoms with Crippen LogP contribution >= 0.6 is 0 Å². The predicted molar refractivity (Wildman–Crippen MR) is 81.2 cm³/mol. The second-order valence-electron chi connectivity index (χ2n) is 4.54. The molecule has 2 aromatic carbocycles. The molecule has 0 bridgehead atoms. The zero-order valence-electron chi connectivity index (χ0n) is 12.0. The molecule has 0 atom stereocenters. The van der Waals surface area contributed by atoms with Crippen molar-refractivity contribution in [3.8, 4) is 11.5 Å². The first-order valence-corrected chi connectivity index (χ1v) is 6.93. The van der Waals surface area contributed by atoms with Crippen LogP contribution in [0.2, 0.25) is 0 Å². The standard InChI is InChI=1S/C17H19NO3/c1-2-20-17(19)11-13-6-5-8-15(10-13)21-16-9-4-3-7-14(16)12-18/h3-10H,2,11-12,18H2,1H3. The van der Waals surface area contributed by atoms with Crippen molar-refractivity contribution in [1.29, 1.82) is 0 Å². The molecule has 0 saturated heterocycles. The van der Waals surface area contributed by atoms with Crippen LogP contribution in [0, 0.1) is 0 Å². The Kier molecular flexibility index (Phi) is 5.35. The zero-order chi connectivity index (χ0) is 15.1. The minimum Gasteiger partial charge on any atom is -0.466 e. The highest BCUT2D eigenvalue weighted by Crippen LogP contribution is 2.25. The van der Waals surface area contributed by atoms with Gasteiger partial charge in [0, 0.05) is 12.1 Å². The average molecular weight is 285 g/mol. The number of para-hydroxylation sites is 1. The summed E-state index contributed by atoms with van der Waals surface area (Å²) in [6.07, 6.45) is 0.240. The highest BCUT2D eigenvalue weighted by molar-refractivity contribution is 5.72. The zero-order valence-corrected chi connectivity index (χ0v) is 12.0. The highest BCUT2D eigenvalue weighted by atomic mass is 16.5. The van der Waals surface area contributed by atoms with E-state index in [1.807, 2.05) is 48.5 Å². The lowest BCUT2D eigenvalue weighted by Gasteiger charge is -2.10. The fraction of sp³-hybridized carbons (Fsp3) is 0.235. The Bertz CT molecular complexity index is 610. The molecule has 0 aromatic heterocycles. The van der Waals surface area contributed by atoms with Crippen molar-refractivity contribution in [2.24, 2.45) is 5.73 Å². The quantitative estimate of drug-likeness (QED) is 0.829. The summed E-state index contributed by atoms with van der Waals surface area (Å²) in [4.78, 5) is 11.5. The summed E-state index contributed by atoms with van der Waals surface area (Å²) in [5, 5.41) is 0. The monoisotopic (exact) mass is 285 g/mol. The van der Waals surface area contributed by atoms with Crippen molar-refractivity contribution in [2.75, 3.05) is 6.61 Å². The maximum Gasteiger partial charge on any atom is 0.310 e. The third-order valence-corrected chi connectivity index (χ3v) is 2.97. The average Bonchev–Trinajstić information content (AvgIpc) is 2.48. The second-order valence-corrected chi connectivity index (χ2v) is 4.54. The maximum absolute atomic E-state index is 11.5. The third kappa shape index (κ3) is 4.33. The van der Waals surface area contributed by atoms with Crippen molar-refractivity contribution < 1.29 is 14.3 Å². The Labute approximate surface area is 124 Å². The Morgan fingerprint density at radius 3 is 2.71 bits per heavy atom. The van der Waals surface area contributed by atoms with Gasteiger partial charge in [-0.15, -0.1) is 0 Å². The van der Waals surface area contributed by atoms with Gasteiger partial charge < -0.3 is 15.2 Å². The van der Waals surface area contributed by atoms with E-state index < -0.39 is 0 Å². The molecule has 0 unspecified atom stereocenters.